The summed E-state index contributed by atoms with van der Waals surface area (Å²) < 4.78 is 31.5. The molecule has 0 aliphatic rings. The Kier molecular flexibility index (Phi) is 6.82. The number of nitrogens with zero attached hydrogens (tertiary/aromatic N) is 1. The monoisotopic (exact) mass is 406 g/mol. The largest absolute Gasteiger partial charge is 0.457 e. The van der Waals surface area contributed by atoms with Gasteiger partial charge in [0.15, 0.2) is 9.84 Å². The molecule has 0 saturated carbocycles. The van der Waals surface area contributed by atoms with Crippen LogP contribution in [-0.4, -0.2) is 50.3 Å². The molecule has 0 bridgehead atoms. The lowest BCUT2D eigenvalue weighted by molar-refractivity contribution is -0.137. The summed E-state index contributed by atoms with van der Waals surface area (Å²) in [5, 5.41) is 8.99. The zero-order valence-electron chi connectivity index (χ0n) is 16.4. The van der Waals surface area contributed by atoms with Crippen LogP contribution in [0.4, 0.5) is 0 Å². The van der Waals surface area contributed by atoms with E-state index in [1.807, 2.05) is 18.2 Å². The van der Waals surface area contributed by atoms with Gasteiger partial charge in [-0.3, -0.25) is 14.9 Å². The maximum atomic E-state index is 12.9. The molecule has 7 nitrogen and oxygen atoms in total. The number of carbonyl (C=O) groups is 1. The van der Waals surface area contributed by atoms with Gasteiger partial charge in [0.25, 0.3) is 5.91 Å². The van der Waals surface area contributed by atoms with Crippen LogP contribution in [0, 0.1) is 5.41 Å². The van der Waals surface area contributed by atoms with Crippen LogP contribution in [0.25, 0.3) is 0 Å². The highest BCUT2D eigenvalue weighted by Crippen LogP contribution is 2.30. The van der Waals surface area contributed by atoms with Gasteiger partial charge in [0.05, 0.1) is 16.7 Å². The summed E-state index contributed by atoms with van der Waals surface area (Å²) in [5.41, 5.74) is 0.667. The molecule has 8 heteroatoms. The number of hydrogen-bond acceptors (Lipinski definition) is 6. The summed E-state index contributed by atoms with van der Waals surface area (Å²) in [7, 11) is -0.358. The Bertz CT molecular complexity index is 894. The number of amides is 1. The lowest BCUT2D eigenvalue weighted by Crippen LogP contribution is -2.53. The second-order valence-corrected chi connectivity index (χ2v) is 9.47. The average molecular weight is 407 g/mol. The molecule has 2 aromatic rings. The normalized spacial score (nSPS) is 13.2. The third-order valence-electron chi connectivity index (χ3n) is 4.34. The van der Waals surface area contributed by atoms with E-state index in [1.165, 1.54) is 12.1 Å². The van der Waals surface area contributed by atoms with Crippen molar-refractivity contribution < 1.29 is 23.2 Å². The van der Waals surface area contributed by atoms with Gasteiger partial charge in [0, 0.05) is 5.41 Å². The molecule has 2 aromatic carbocycles. The second kappa shape index (κ2) is 8.72. The van der Waals surface area contributed by atoms with Crippen LogP contribution in [0.5, 0.6) is 11.5 Å². The van der Waals surface area contributed by atoms with Crippen molar-refractivity contribution in [3.63, 3.8) is 0 Å². The predicted molar refractivity (Wildman–Crippen MR) is 106 cm³/mol. The lowest BCUT2D eigenvalue weighted by atomic mass is 9.85. The zero-order valence-corrected chi connectivity index (χ0v) is 17.2. The van der Waals surface area contributed by atoms with E-state index in [4.69, 9.17) is 9.94 Å². The topological polar surface area (TPSA) is 95.9 Å². The van der Waals surface area contributed by atoms with Crippen LogP contribution < -0.4 is 10.2 Å². The molecular formula is C20H26N2O5S. The highest BCUT2D eigenvalue weighted by Gasteiger charge is 2.40. The highest BCUT2D eigenvalue weighted by atomic mass is 32.2. The van der Waals surface area contributed by atoms with Gasteiger partial charge in [-0.25, -0.2) is 13.9 Å². The number of benzene rings is 2. The van der Waals surface area contributed by atoms with E-state index >= 15 is 0 Å². The molecule has 1 unspecified atom stereocenters. The molecule has 1 atom stereocenters. The predicted octanol–water partition coefficient (Wildman–Crippen LogP) is 2.71. The first-order valence-corrected chi connectivity index (χ1v) is 10.4. The summed E-state index contributed by atoms with van der Waals surface area (Å²) in [6.07, 6.45) is 0. The van der Waals surface area contributed by atoms with E-state index < -0.39 is 27.2 Å². The van der Waals surface area contributed by atoms with Gasteiger partial charge in [-0.2, -0.15) is 0 Å². The van der Waals surface area contributed by atoms with Crippen molar-refractivity contribution in [2.75, 3.05) is 19.8 Å². The van der Waals surface area contributed by atoms with Crippen molar-refractivity contribution in [2.45, 2.75) is 24.8 Å². The van der Waals surface area contributed by atoms with Crippen LogP contribution in [-0.2, 0) is 14.6 Å². The van der Waals surface area contributed by atoms with E-state index in [0.29, 0.717) is 11.5 Å². The standard InChI is InChI=1S/C20H26N2O5S/c1-20(2,18(22(3)4)19(23)21-24)14-28(25,26)17-12-10-16(11-13-17)27-15-8-6-5-7-9-15/h5-13,18,24H,14H2,1-4H3,(H,21,23). The molecule has 0 aromatic heterocycles. The fraction of sp³-hybridized carbons (Fsp3) is 0.350. The number of ether oxygens (including phenoxy) is 1. The van der Waals surface area contributed by atoms with Crippen molar-refractivity contribution in [3.05, 3.63) is 54.6 Å². The molecule has 0 radical (unpaired) electrons. The SMILES string of the molecule is CN(C)C(C(=O)NO)C(C)(C)CS(=O)(=O)c1ccc(Oc2ccccc2)cc1. The van der Waals surface area contributed by atoms with Crippen LogP contribution in [0.1, 0.15) is 13.8 Å². The van der Waals surface area contributed by atoms with Crippen LogP contribution in [0.2, 0.25) is 0 Å². The molecule has 0 aliphatic carbocycles. The molecule has 2 rings (SSSR count). The molecule has 0 heterocycles. The van der Waals surface area contributed by atoms with Crippen molar-refractivity contribution >= 4 is 15.7 Å². The smallest absolute Gasteiger partial charge is 0.261 e. The Labute approximate surface area is 165 Å². The Morgan fingerprint density at radius 1 is 1.07 bits per heavy atom. The molecular weight excluding hydrogens is 380 g/mol. The number of hydrogen-bond donors (Lipinski definition) is 2. The number of carbonyl (C=O) groups excluding carboxylic acids is 1. The second-order valence-electron chi connectivity index (χ2n) is 7.48. The quantitative estimate of drug-likeness (QED) is 0.517. The van der Waals surface area contributed by atoms with Crippen LogP contribution in [0.3, 0.4) is 0 Å². The van der Waals surface area contributed by atoms with Crippen molar-refractivity contribution in [1.29, 1.82) is 0 Å². The number of nitrogens with one attached hydrogen (secondary N) is 1. The maximum absolute atomic E-state index is 12.9. The first-order chi connectivity index (χ1) is 13.1. The van der Waals surface area contributed by atoms with Gasteiger partial charge in [-0.05, 0) is 50.5 Å². The van der Waals surface area contributed by atoms with E-state index in [2.05, 4.69) is 0 Å². The Morgan fingerprint density at radius 2 is 1.61 bits per heavy atom. The van der Waals surface area contributed by atoms with Gasteiger partial charge in [-0.15, -0.1) is 0 Å². The summed E-state index contributed by atoms with van der Waals surface area (Å²) in [5.74, 6) is 0.255. The Morgan fingerprint density at radius 3 is 2.11 bits per heavy atom. The highest BCUT2D eigenvalue weighted by molar-refractivity contribution is 7.91. The van der Waals surface area contributed by atoms with Gasteiger partial charge in [0.2, 0.25) is 0 Å². The lowest BCUT2D eigenvalue weighted by Gasteiger charge is -2.36. The fourth-order valence-corrected chi connectivity index (χ4v) is 5.20. The molecule has 2 N–H and O–H groups in total. The minimum atomic E-state index is -3.67. The Balaban J connectivity index is 2.20. The van der Waals surface area contributed by atoms with Crippen molar-refractivity contribution in [2.24, 2.45) is 5.41 Å². The van der Waals surface area contributed by atoms with E-state index in [-0.39, 0.29) is 10.6 Å². The van der Waals surface area contributed by atoms with E-state index in [9.17, 15) is 13.2 Å². The molecule has 0 aliphatic heterocycles. The molecule has 28 heavy (non-hydrogen) atoms. The van der Waals surface area contributed by atoms with Gasteiger partial charge >= 0.3 is 0 Å². The van der Waals surface area contributed by atoms with E-state index in [0.717, 1.165) is 0 Å². The molecule has 0 fully saturated rings. The summed E-state index contributed by atoms with van der Waals surface area (Å²) in [6, 6.07) is 14.5. The van der Waals surface area contributed by atoms with Gasteiger partial charge in [0.1, 0.15) is 11.5 Å². The summed E-state index contributed by atoms with van der Waals surface area (Å²) in [6.45, 7) is 3.36. The number of para-hydroxylation sites is 1. The first kappa shape index (κ1) is 21.9. The molecule has 0 saturated heterocycles. The number of likely N-dealkylation sites (N-methyl/N-ethyl adjacent to an activating group) is 1. The average Bonchev–Trinajstić information content (AvgIpc) is 2.61. The number of hydroxylamine groups is 1. The van der Waals surface area contributed by atoms with Crippen LogP contribution >= 0.6 is 0 Å². The van der Waals surface area contributed by atoms with Crippen LogP contribution in [0.15, 0.2) is 59.5 Å². The maximum Gasteiger partial charge on any atom is 0.261 e. The summed E-state index contributed by atoms with van der Waals surface area (Å²) >= 11 is 0. The molecule has 1 amide bonds. The number of rotatable bonds is 8. The molecule has 0 spiro atoms. The number of sulfone groups is 1. The Hall–Kier alpha value is -2.42. The third kappa shape index (κ3) is 5.31. The fourth-order valence-electron chi connectivity index (χ4n) is 3.34. The molecule has 152 valence electrons. The minimum absolute atomic E-state index is 0.142. The van der Waals surface area contributed by atoms with E-state index in [1.54, 1.807) is 62.6 Å². The van der Waals surface area contributed by atoms with Crippen molar-refractivity contribution in [3.8, 4) is 11.5 Å². The third-order valence-corrected chi connectivity index (χ3v) is 6.45. The van der Waals surface area contributed by atoms with Gasteiger partial charge < -0.3 is 4.74 Å². The van der Waals surface area contributed by atoms with Crippen molar-refractivity contribution in [1.82, 2.24) is 10.4 Å². The zero-order chi connectivity index (χ0) is 20.9. The minimum Gasteiger partial charge on any atom is -0.457 e. The first-order valence-electron chi connectivity index (χ1n) is 8.73. The summed E-state index contributed by atoms with van der Waals surface area (Å²) in [4.78, 5) is 13.7. The van der Waals surface area contributed by atoms with Gasteiger partial charge in [-0.1, -0.05) is 32.0 Å².